The summed E-state index contributed by atoms with van der Waals surface area (Å²) >= 11 is 0. The van der Waals surface area contributed by atoms with E-state index in [1.807, 2.05) is 6.92 Å². The highest BCUT2D eigenvalue weighted by Crippen LogP contribution is 2.47. The molecule has 0 amide bonds. The van der Waals surface area contributed by atoms with Crippen LogP contribution in [0.4, 0.5) is 5.69 Å². The van der Waals surface area contributed by atoms with Crippen LogP contribution in [0.15, 0.2) is 47.4 Å². The number of anilines is 1. The van der Waals surface area contributed by atoms with Crippen LogP contribution < -0.4 is 14.2 Å². The maximum Gasteiger partial charge on any atom is 0.261 e. The summed E-state index contributed by atoms with van der Waals surface area (Å²) < 4.78 is 39.5. The second-order valence-corrected chi connectivity index (χ2v) is 8.08. The maximum absolute atomic E-state index is 12.5. The van der Waals surface area contributed by atoms with Crippen molar-refractivity contribution in [3.8, 4) is 11.5 Å². The Hall–Kier alpha value is -2.21. The van der Waals surface area contributed by atoms with Gasteiger partial charge in [-0.25, -0.2) is 8.42 Å². The molecule has 2 aliphatic rings. The van der Waals surface area contributed by atoms with Gasteiger partial charge in [-0.05, 0) is 44.0 Å². The number of hydrogen-bond donors (Lipinski definition) is 1. The van der Waals surface area contributed by atoms with Crippen molar-refractivity contribution in [2.24, 2.45) is 0 Å². The van der Waals surface area contributed by atoms with E-state index in [2.05, 4.69) is 4.72 Å². The molecule has 1 heterocycles. The Labute approximate surface area is 141 Å². The van der Waals surface area contributed by atoms with E-state index in [0.29, 0.717) is 17.2 Å². The number of ether oxygens (including phenoxy) is 2. The first-order chi connectivity index (χ1) is 11.5. The average molecular weight is 345 g/mol. The number of rotatable bonds is 3. The Bertz CT molecular complexity index is 868. The van der Waals surface area contributed by atoms with E-state index in [0.717, 1.165) is 31.2 Å². The zero-order valence-corrected chi connectivity index (χ0v) is 14.2. The molecule has 4 rings (SSSR count). The number of aryl methyl sites for hydroxylation is 1. The molecule has 2 aromatic carbocycles. The van der Waals surface area contributed by atoms with Crippen LogP contribution in [0.25, 0.3) is 0 Å². The molecule has 0 aromatic heterocycles. The molecule has 1 saturated carbocycles. The van der Waals surface area contributed by atoms with Gasteiger partial charge in [0.05, 0.1) is 10.6 Å². The third kappa shape index (κ3) is 2.71. The lowest BCUT2D eigenvalue weighted by atomic mass is 10.2. The van der Waals surface area contributed by atoms with E-state index < -0.39 is 15.8 Å². The quantitative estimate of drug-likeness (QED) is 0.918. The predicted octanol–water partition coefficient (Wildman–Crippen LogP) is 3.84. The lowest BCUT2D eigenvalue weighted by Gasteiger charge is -2.21. The van der Waals surface area contributed by atoms with Crippen LogP contribution in [0.1, 0.15) is 31.2 Å². The third-order valence-electron chi connectivity index (χ3n) is 4.48. The molecular weight excluding hydrogens is 326 g/mol. The molecule has 0 atom stereocenters. The van der Waals surface area contributed by atoms with E-state index in [9.17, 15) is 8.42 Å². The zero-order valence-electron chi connectivity index (χ0n) is 13.4. The third-order valence-corrected chi connectivity index (χ3v) is 5.88. The largest absolute Gasteiger partial charge is 0.448 e. The highest BCUT2D eigenvalue weighted by Gasteiger charge is 2.44. The zero-order chi connectivity index (χ0) is 16.8. The molecule has 1 aliphatic heterocycles. The lowest BCUT2D eigenvalue weighted by Crippen LogP contribution is -2.34. The summed E-state index contributed by atoms with van der Waals surface area (Å²) in [5.41, 5.74) is 1.48. The van der Waals surface area contributed by atoms with Gasteiger partial charge in [-0.3, -0.25) is 4.72 Å². The minimum absolute atomic E-state index is 0.234. The Kier molecular flexibility index (Phi) is 3.46. The molecule has 0 unspecified atom stereocenters. The fourth-order valence-corrected chi connectivity index (χ4v) is 4.26. The summed E-state index contributed by atoms with van der Waals surface area (Å²) in [5.74, 6) is 0.729. The molecule has 1 N–H and O–H groups in total. The number of hydrogen-bond acceptors (Lipinski definition) is 4. The monoisotopic (exact) mass is 345 g/mol. The van der Waals surface area contributed by atoms with Crippen LogP contribution in [0, 0.1) is 6.92 Å². The molecule has 6 heteroatoms. The van der Waals surface area contributed by atoms with Crippen molar-refractivity contribution in [2.45, 2.75) is 43.3 Å². The van der Waals surface area contributed by atoms with Crippen molar-refractivity contribution < 1.29 is 17.9 Å². The van der Waals surface area contributed by atoms with Crippen LogP contribution in [0.3, 0.4) is 0 Å². The highest BCUT2D eigenvalue weighted by molar-refractivity contribution is 7.92. The van der Waals surface area contributed by atoms with Crippen LogP contribution in [0.5, 0.6) is 11.5 Å². The second-order valence-electron chi connectivity index (χ2n) is 6.40. The normalized spacial score (nSPS) is 18.0. The number of benzene rings is 2. The van der Waals surface area contributed by atoms with Gasteiger partial charge in [0.15, 0.2) is 11.5 Å². The van der Waals surface area contributed by atoms with Crippen molar-refractivity contribution in [2.75, 3.05) is 4.72 Å². The van der Waals surface area contributed by atoms with E-state index in [-0.39, 0.29) is 4.90 Å². The average Bonchev–Trinajstić information content (AvgIpc) is 3.13. The summed E-state index contributed by atoms with van der Waals surface area (Å²) in [6.07, 6.45) is 3.90. The van der Waals surface area contributed by atoms with Crippen molar-refractivity contribution in [1.29, 1.82) is 0 Å². The minimum atomic E-state index is -3.62. The Morgan fingerprint density at radius 1 is 0.958 bits per heavy atom. The van der Waals surface area contributed by atoms with Gasteiger partial charge in [-0.2, -0.15) is 0 Å². The highest BCUT2D eigenvalue weighted by atomic mass is 32.2. The molecule has 0 radical (unpaired) electrons. The SMILES string of the molecule is Cc1ccc(S(=O)(=O)Nc2ccc3c(c2)OC2(CCCC2)O3)cc1. The van der Waals surface area contributed by atoms with Crippen molar-refractivity contribution >= 4 is 15.7 Å². The summed E-state index contributed by atoms with van der Waals surface area (Å²) in [4.78, 5) is 0.234. The van der Waals surface area contributed by atoms with Gasteiger partial charge in [-0.15, -0.1) is 0 Å². The predicted molar refractivity (Wildman–Crippen MR) is 90.9 cm³/mol. The molecule has 1 spiro atoms. The van der Waals surface area contributed by atoms with E-state index in [4.69, 9.17) is 9.47 Å². The summed E-state index contributed by atoms with van der Waals surface area (Å²) in [5, 5.41) is 0. The van der Waals surface area contributed by atoms with Crippen molar-refractivity contribution in [1.82, 2.24) is 0 Å². The van der Waals surface area contributed by atoms with Crippen LogP contribution in [-0.2, 0) is 10.0 Å². The first kappa shape index (κ1) is 15.3. The summed E-state index contributed by atoms with van der Waals surface area (Å²) in [6.45, 7) is 1.92. The van der Waals surface area contributed by atoms with Gasteiger partial charge in [0, 0.05) is 18.9 Å². The van der Waals surface area contributed by atoms with Gasteiger partial charge in [0.25, 0.3) is 15.8 Å². The van der Waals surface area contributed by atoms with Gasteiger partial charge in [0.1, 0.15) is 0 Å². The molecule has 1 fully saturated rings. The van der Waals surface area contributed by atoms with Crippen LogP contribution >= 0.6 is 0 Å². The van der Waals surface area contributed by atoms with Crippen LogP contribution in [0.2, 0.25) is 0 Å². The Balaban J connectivity index is 1.57. The van der Waals surface area contributed by atoms with Crippen molar-refractivity contribution in [3.63, 3.8) is 0 Å². The first-order valence-corrected chi connectivity index (χ1v) is 9.56. The first-order valence-electron chi connectivity index (χ1n) is 8.07. The summed E-state index contributed by atoms with van der Waals surface area (Å²) in [7, 11) is -3.62. The number of nitrogens with one attached hydrogen (secondary N) is 1. The van der Waals surface area contributed by atoms with Gasteiger partial charge in [-0.1, -0.05) is 17.7 Å². The second kappa shape index (κ2) is 5.41. The van der Waals surface area contributed by atoms with E-state index in [1.54, 1.807) is 42.5 Å². The molecular formula is C18H19NO4S. The molecule has 1 aliphatic carbocycles. The molecule has 126 valence electrons. The van der Waals surface area contributed by atoms with Gasteiger partial charge >= 0.3 is 0 Å². The maximum atomic E-state index is 12.5. The lowest BCUT2D eigenvalue weighted by molar-refractivity contribution is -0.0716. The number of sulfonamides is 1. The molecule has 2 aromatic rings. The molecule has 0 saturated heterocycles. The van der Waals surface area contributed by atoms with Crippen LogP contribution in [-0.4, -0.2) is 14.2 Å². The fraction of sp³-hybridized carbons (Fsp3) is 0.333. The smallest absolute Gasteiger partial charge is 0.261 e. The molecule has 5 nitrogen and oxygen atoms in total. The van der Waals surface area contributed by atoms with E-state index in [1.165, 1.54) is 0 Å². The van der Waals surface area contributed by atoms with E-state index >= 15 is 0 Å². The topological polar surface area (TPSA) is 64.6 Å². The minimum Gasteiger partial charge on any atom is -0.448 e. The molecule has 24 heavy (non-hydrogen) atoms. The standard InChI is InChI=1S/C18H19NO4S/c1-13-4-7-15(8-5-13)24(20,21)19-14-6-9-16-17(12-14)23-18(22-16)10-2-3-11-18/h4-9,12,19H,2-3,10-11H2,1H3. The van der Waals surface area contributed by atoms with Crippen molar-refractivity contribution in [3.05, 3.63) is 48.0 Å². The Morgan fingerprint density at radius 3 is 2.33 bits per heavy atom. The van der Waals surface area contributed by atoms with Gasteiger partial charge < -0.3 is 9.47 Å². The number of fused-ring (bicyclic) bond motifs is 1. The van der Waals surface area contributed by atoms with Gasteiger partial charge in [0.2, 0.25) is 0 Å². The fourth-order valence-electron chi connectivity index (χ4n) is 3.21. The Morgan fingerprint density at radius 2 is 1.62 bits per heavy atom. The summed E-state index contributed by atoms with van der Waals surface area (Å²) in [6, 6.07) is 11.9. The molecule has 0 bridgehead atoms.